The van der Waals surface area contributed by atoms with Crippen molar-refractivity contribution in [2.24, 2.45) is 0 Å². The van der Waals surface area contributed by atoms with Crippen LogP contribution in [0, 0.1) is 0 Å². The Labute approximate surface area is 176 Å². The molecule has 4 rings (SSSR count). The van der Waals surface area contributed by atoms with Crippen molar-refractivity contribution >= 4 is 46.5 Å². The molecule has 2 N–H and O–H groups in total. The Bertz CT molecular complexity index is 1110. The Morgan fingerprint density at radius 3 is 2.83 bits per heavy atom. The monoisotopic (exact) mass is 430 g/mol. The molecule has 0 saturated carbocycles. The molecular formula is C20H16Cl2N4O3. The van der Waals surface area contributed by atoms with Gasteiger partial charge in [0, 0.05) is 11.3 Å². The van der Waals surface area contributed by atoms with Crippen molar-refractivity contribution < 1.29 is 14.3 Å². The Hall–Kier alpha value is -3.03. The summed E-state index contributed by atoms with van der Waals surface area (Å²) >= 11 is 11.9. The molecule has 1 aromatic heterocycles. The summed E-state index contributed by atoms with van der Waals surface area (Å²) in [4.78, 5) is 24.9. The van der Waals surface area contributed by atoms with E-state index in [4.69, 9.17) is 27.9 Å². The van der Waals surface area contributed by atoms with Crippen LogP contribution in [0.5, 0.6) is 5.75 Å². The molecule has 0 aliphatic carbocycles. The summed E-state index contributed by atoms with van der Waals surface area (Å²) in [6.45, 7) is 0. The quantitative estimate of drug-likeness (QED) is 0.628. The topological polar surface area (TPSA) is 85.2 Å². The van der Waals surface area contributed by atoms with Gasteiger partial charge in [0.15, 0.2) is 0 Å². The van der Waals surface area contributed by atoms with Gasteiger partial charge in [-0.2, -0.15) is 5.10 Å². The van der Waals surface area contributed by atoms with Gasteiger partial charge >= 0.3 is 0 Å². The summed E-state index contributed by atoms with van der Waals surface area (Å²) in [5.74, 6) is 0.622. The van der Waals surface area contributed by atoms with Crippen molar-refractivity contribution in [3.63, 3.8) is 0 Å². The van der Waals surface area contributed by atoms with Gasteiger partial charge < -0.3 is 15.4 Å². The van der Waals surface area contributed by atoms with Crippen LogP contribution in [0.1, 0.15) is 12.5 Å². The lowest BCUT2D eigenvalue weighted by molar-refractivity contribution is -0.123. The number of benzene rings is 2. The Kier molecular flexibility index (Phi) is 5.17. The second kappa shape index (κ2) is 7.77. The van der Waals surface area contributed by atoms with Gasteiger partial charge in [-0.1, -0.05) is 35.3 Å². The standard InChI is InChI=1S/C20H16Cl2N4O3/c1-29-13-4-2-3-11(7-13)14-10-23-26-17(20(28)25-19(14)26)9-18(27)24-12-5-6-15(21)16(22)8-12/h2-8,10,17H,9H2,1H3,(H,24,27)(H,25,28). The normalized spacial score (nSPS) is 15.0. The molecule has 7 nitrogen and oxygen atoms in total. The SMILES string of the molecule is COc1cccc(-c2cnn3c2NC(=O)C3CC(=O)Nc2ccc(Cl)c(Cl)c2)c1. The number of carbonyl (C=O) groups is 2. The van der Waals surface area contributed by atoms with Gasteiger partial charge in [-0.15, -0.1) is 0 Å². The van der Waals surface area contributed by atoms with Crippen molar-refractivity contribution in [1.82, 2.24) is 9.78 Å². The molecule has 0 radical (unpaired) electrons. The maximum absolute atomic E-state index is 12.5. The van der Waals surface area contributed by atoms with Crippen molar-refractivity contribution in [1.29, 1.82) is 0 Å². The number of hydrogen-bond donors (Lipinski definition) is 2. The maximum Gasteiger partial charge on any atom is 0.251 e. The predicted molar refractivity (Wildman–Crippen MR) is 112 cm³/mol. The third kappa shape index (κ3) is 3.79. The van der Waals surface area contributed by atoms with Crippen LogP contribution in [0.25, 0.3) is 11.1 Å². The van der Waals surface area contributed by atoms with E-state index >= 15 is 0 Å². The number of amides is 2. The number of carbonyl (C=O) groups excluding carboxylic acids is 2. The van der Waals surface area contributed by atoms with Crippen LogP contribution in [-0.2, 0) is 9.59 Å². The zero-order valence-corrected chi connectivity index (χ0v) is 16.8. The number of ether oxygens (including phenoxy) is 1. The van der Waals surface area contributed by atoms with Gasteiger partial charge in [0.2, 0.25) is 5.91 Å². The highest BCUT2D eigenvalue weighted by molar-refractivity contribution is 6.42. The summed E-state index contributed by atoms with van der Waals surface area (Å²) in [5.41, 5.74) is 2.11. The van der Waals surface area contributed by atoms with Gasteiger partial charge in [0.1, 0.15) is 17.6 Å². The molecule has 9 heteroatoms. The van der Waals surface area contributed by atoms with Crippen LogP contribution < -0.4 is 15.4 Å². The number of fused-ring (bicyclic) bond motifs is 1. The van der Waals surface area contributed by atoms with Crippen LogP contribution in [0.4, 0.5) is 11.5 Å². The average Bonchev–Trinajstić information content (AvgIpc) is 3.24. The lowest BCUT2D eigenvalue weighted by Crippen LogP contribution is -2.23. The highest BCUT2D eigenvalue weighted by Crippen LogP contribution is 2.36. The summed E-state index contributed by atoms with van der Waals surface area (Å²) in [6.07, 6.45) is 1.59. The fourth-order valence-corrected chi connectivity index (χ4v) is 3.47. The fourth-order valence-electron chi connectivity index (χ4n) is 3.18. The van der Waals surface area contributed by atoms with E-state index in [9.17, 15) is 9.59 Å². The molecule has 1 atom stereocenters. The number of halogens is 2. The molecule has 3 aromatic rings. The highest BCUT2D eigenvalue weighted by Gasteiger charge is 2.35. The van der Waals surface area contributed by atoms with Crippen LogP contribution in [0.15, 0.2) is 48.7 Å². The molecule has 1 aliphatic rings. The van der Waals surface area contributed by atoms with Gasteiger partial charge in [-0.3, -0.25) is 9.59 Å². The molecule has 1 aliphatic heterocycles. The molecular weight excluding hydrogens is 415 g/mol. The summed E-state index contributed by atoms with van der Waals surface area (Å²) in [6, 6.07) is 11.5. The lowest BCUT2D eigenvalue weighted by atomic mass is 10.1. The molecule has 2 aromatic carbocycles. The van der Waals surface area contributed by atoms with Crippen molar-refractivity contribution in [2.75, 3.05) is 17.7 Å². The summed E-state index contributed by atoms with van der Waals surface area (Å²) in [5, 5.41) is 10.6. The van der Waals surface area contributed by atoms with E-state index in [1.165, 1.54) is 4.68 Å². The Morgan fingerprint density at radius 1 is 1.24 bits per heavy atom. The number of aromatic nitrogens is 2. The van der Waals surface area contributed by atoms with Crippen LogP contribution in [0.3, 0.4) is 0 Å². The first kappa shape index (κ1) is 19.3. The number of methoxy groups -OCH3 is 1. The van der Waals surface area contributed by atoms with Crippen LogP contribution in [0.2, 0.25) is 10.0 Å². The minimum atomic E-state index is -0.743. The molecule has 0 bridgehead atoms. The fraction of sp³-hybridized carbons (Fsp3) is 0.150. The van der Waals surface area contributed by atoms with E-state index in [1.54, 1.807) is 31.5 Å². The zero-order chi connectivity index (χ0) is 20.5. The Balaban J connectivity index is 1.53. The molecule has 0 saturated heterocycles. The molecule has 0 fully saturated rings. The second-order valence-electron chi connectivity index (χ2n) is 6.47. The smallest absolute Gasteiger partial charge is 0.251 e. The first-order valence-electron chi connectivity index (χ1n) is 8.74. The number of nitrogens with zero attached hydrogens (tertiary/aromatic N) is 2. The van der Waals surface area contributed by atoms with E-state index in [2.05, 4.69) is 15.7 Å². The third-order valence-electron chi connectivity index (χ3n) is 4.60. The molecule has 29 heavy (non-hydrogen) atoms. The molecule has 0 spiro atoms. The van der Waals surface area contributed by atoms with Gasteiger partial charge in [0.25, 0.3) is 5.91 Å². The summed E-state index contributed by atoms with van der Waals surface area (Å²) in [7, 11) is 1.59. The first-order chi connectivity index (χ1) is 14.0. The minimum Gasteiger partial charge on any atom is -0.497 e. The number of anilines is 2. The molecule has 2 heterocycles. The van der Waals surface area contributed by atoms with Crippen molar-refractivity contribution in [3.8, 4) is 16.9 Å². The first-order valence-corrected chi connectivity index (χ1v) is 9.49. The van der Waals surface area contributed by atoms with E-state index < -0.39 is 6.04 Å². The van der Waals surface area contributed by atoms with Gasteiger partial charge in [-0.25, -0.2) is 4.68 Å². The lowest BCUT2D eigenvalue weighted by Gasteiger charge is -2.10. The van der Waals surface area contributed by atoms with E-state index in [-0.39, 0.29) is 18.2 Å². The van der Waals surface area contributed by atoms with Crippen molar-refractivity contribution in [2.45, 2.75) is 12.5 Å². The molecule has 1 unspecified atom stereocenters. The van der Waals surface area contributed by atoms with E-state index in [0.717, 1.165) is 11.1 Å². The van der Waals surface area contributed by atoms with Crippen molar-refractivity contribution in [3.05, 3.63) is 58.7 Å². The Morgan fingerprint density at radius 2 is 2.07 bits per heavy atom. The maximum atomic E-state index is 12.5. The average molecular weight is 431 g/mol. The largest absolute Gasteiger partial charge is 0.497 e. The number of hydrogen-bond acceptors (Lipinski definition) is 4. The second-order valence-corrected chi connectivity index (χ2v) is 7.28. The highest BCUT2D eigenvalue weighted by atomic mass is 35.5. The zero-order valence-electron chi connectivity index (χ0n) is 15.3. The molecule has 2 amide bonds. The van der Waals surface area contributed by atoms with Gasteiger partial charge in [-0.05, 0) is 35.9 Å². The summed E-state index contributed by atoms with van der Waals surface area (Å²) < 4.78 is 6.79. The number of nitrogens with one attached hydrogen (secondary N) is 2. The van der Waals surface area contributed by atoms with E-state index in [0.29, 0.717) is 27.3 Å². The van der Waals surface area contributed by atoms with Gasteiger partial charge in [0.05, 0.1) is 29.8 Å². The molecule has 148 valence electrons. The van der Waals surface area contributed by atoms with E-state index in [1.807, 2.05) is 24.3 Å². The number of rotatable bonds is 5. The minimum absolute atomic E-state index is 0.0711. The van der Waals surface area contributed by atoms with Crippen LogP contribution >= 0.6 is 23.2 Å². The van der Waals surface area contributed by atoms with Crippen LogP contribution in [-0.4, -0.2) is 28.7 Å². The predicted octanol–water partition coefficient (Wildman–Crippen LogP) is 4.39. The third-order valence-corrected chi connectivity index (χ3v) is 5.34.